The van der Waals surface area contributed by atoms with Gasteiger partial charge in [-0.05, 0) is 19.9 Å². The maximum absolute atomic E-state index is 14.3. The third-order valence-corrected chi connectivity index (χ3v) is 3.10. The van der Waals surface area contributed by atoms with E-state index in [0.29, 0.717) is 50.9 Å². The molecule has 0 amide bonds. The molecular formula is C14H22ClFN2O2. The van der Waals surface area contributed by atoms with Crippen LogP contribution in [0.1, 0.15) is 19.4 Å². The lowest BCUT2D eigenvalue weighted by atomic mass is 10.2. The summed E-state index contributed by atoms with van der Waals surface area (Å²) in [6.45, 7) is 7.31. The number of anilines is 1. The molecule has 1 aromatic rings. The Balaban J connectivity index is 2.79. The van der Waals surface area contributed by atoms with Crippen molar-refractivity contribution in [3.63, 3.8) is 0 Å². The Hall–Kier alpha value is -0.910. The first-order chi connectivity index (χ1) is 9.74. The normalized spacial score (nSPS) is 10.8. The summed E-state index contributed by atoms with van der Waals surface area (Å²) in [6.07, 6.45) is 1.57. The highest BCUT2D eigenvalue weighted by atomic mass is 35.5. The molecule has 1 heterocycles. The minimum Gasteiger partial charge on any atom is -0.380 e. The molecule has 0 bridgehead atoms. The van der Waals surface area contributed by atoms with E-state index in [1.165, 1.54) is 0 Å². The second-order valence-corrected chi connectivity index (χ2v) is 4.39. The van der Waals surface area contributed by atoms with Crippen molar-refractivity contribution in [1.29, 1.82) is 0 Å². The average Bonchev–Trinajstić information content (AvgIpc) is 2.46. The van der Waals surface area contributed by atoms with Gasteiger partial charge >= 0.3 is 0 Å². The van der Waals surface area contributed by atoms with Crippen LogP contribution in [0.2, 0.25) is 0 Å². The smallest absolute Gasteiger partial charge is 0.170 e. The maximum Gasteiger partial charge on any atom is 0.170 e. The number of halogens is 2. The molecule has 0 radical (unpaired) electrons. The Labute approximate surface area is 124 Å². The van der Waals surface area contributed by atoms with E-state index in [9.17, 15) is 4.39 Å². The molecular weight excluding hydrogens is 283 g/mol. The van der Waals surface area contributed by atoms with Crippen LogP contribution in [0.25, 0.3) is 0 Å². The van der Waals surface area contributed by atoms with Crippen molar-refractivity contribution in [2.75, 3.05) is 44.4 Å². The Bertz CT molecular complexity index is 383. The summed E-state index contributed by atoms with van der Waals surface area (Å²) < 4.78 is 24.9. The zero-order valence-corrected chi connectivity index (χ0v) is 12.8. The van der Waals surface area contributed by atoms with Crippen LogP contribution >= 0.6 is 11.6 Å². The monoisotopic (exact) mass is 304 g/mol. The fraction of sp³-hybridized carbons (Fsp3) is 0.643. The van der Waals surface area contributed by atoms with Crippen LogP contribution in [0.3, 0.4) is 0 Å². The van der Waals surface area contributed by atoms with Crippen molar-refractivity contribution < 1.29 is 13.9 Å². The molecule has 0 unspecified atom stereocenters. The second-order valence-electron chi connectivity index (χ2n) is 4.12. The summed E-state index contributed by atoms with van der Waals surface area (Å²) in [5.74, 6) is 0.0737. The van der Waals surface area contributed by atoms with E-state index < -0.39 is 0 Å². The van der Waals surface area contributed by atoms with Crippen LogP contribution in [0.4, 0.5) is 10.2 Å². The van der Waals surface area contributed by atoms with Crippen LogP contribution in [0, 0.1) is 5.82 Å². The van der Waals surface area contributed by atoms with E-state index in [-0.39, 0.29) is 11.7 Å². The zero-order valence-electron chi connectivity index (χ0n) is 12.1. The highest BCUT2D eigenvalue weighted by molar-refractivity contribution is 6.17. The average molecular weight is 305 g/mol. The number of rotatable bonds is 10. The first-order valence-electron chi connectivity index (χ1n) is 6.84. The molecule has 0 saturated carbocycles. The van der Waals surface area contributed by atoms with Crippen molar-refractivity contribution in [3.05, 3.63) is 23.6 Å². The van der Waals surface area contributed by atoms with Crippen molar-refractivity contribution >= 4 is 17.4 Å². The van der Waals surface area contributed by atoms with Crippen LogP contribution in [0.5, 0.6) is 0 Å². The third kappa shape index (κ3) is 5.23. The van der Waals surface area contributed by atoms with Crippen LogP contribution in [-0.4, -0.2) is 44.5 Å². The number of alkyl halides is 1. The van der Waals surface area contributed by atoms with Crippen LogP contribution in [0.15, 0.2) is 12.3 Å². The van der Waals surface area contributed by atoms with Gasteiger partial charge in [-0.15, -0.1) is 11.6 Å². The van der Waals surface area contributed by atoms with Gasteiger partial charge < -0.3 is 14.4 Å². The van der Waals surface area contributed by atoms with Gasteiger partial charge in [-0.25, -0.2) is 9.37 Å². The van der Waals surface area contributed by atoms with Crippen molar-refractivity contribution in [2.24, 2.45) is 0 Å². The van der Waals surface area contributed by atoms with Crippen LogP contribution < -0.4 is 4.90 Å². The van der Waals surface area contributed by atoms with Gasteiger partial charge in [0.1, 0.15) is 0 Å². The Kier molecular flexibility index (Phi) is 8.49. The summed E-state index contributed by atoms with van der Waals surface area (Å²) in [6, 6.07) is 1.59. The number of hydrogen-bond acceptors (Lipinski definition) is 4. The number of ether oxygens (including phenoxy) is 2. The van der Waals surface area contributed by atoms with E-state index in [2.05, 4.69) is 4.98 Å². The van der Waals surface area contributed by atoms with E-state index in [1.54, 1.807) is 12.3 Å². The molecule has 0 atom stereocenters. The molecule has 0 spiro atoms. The molecule has 4 nitrogen and oxygen atoms in total. The van der Waals surface area contributed by atoms with Crippen molar-refractivity contribution in [2.45, 2.75) is 19.7 Å². The van der Waals surface area contributed by atoms with Gasteiger partial charge in [0.05, 0.1) is 19.1 Å². The summed E-state index contributed by atoms with van der Waals surface area (Å²) >= 11 is 5.73. The number of nitrogens with zero attached hydrogens (tertiary/aromatic N) is 2. The number of aromatic nitrogens is 1. The Morgan fingerprint density at radius 3 is 2.30 bits per heavy atom. The van der Waals surface area contributed by atoms with Gasteiger partial charge in [-0.3, -0.25) is 0 Å². The van der Waals surface area contributed by atoms with Crippen molar-refractivity contribution in [1.82, 2.24) is 4.98 Å². The van der Waals surface area contributed by atoms with Gasteiger partial charge in [0.15, 0.2) is 11.6 Å². The molecule has 114 valence electrons. The Morgan fingerprint density at radius 2 is 1.80 bits per heavy atom. The molecule has 0 saturated heterocycles. The summed E-state index contributed by atoms with van der Waals surface area (Å²) in [5.41, 5.74) is 0.453. The molecule has 1 aromatic heterocycles. The zero-order chi connectivity index (χ0) is 14.8. The first-order valence-corrected chi connectivity index (χ1v) is 7.37. The Morgan fingerprint density at radius 1 is 1.20 bits per heavy atom. The molecule has 0 aliphatic rings. The second kappa shape index (κ2) is 9.91. The molecule has 0 aliphatic heterocycles. The van der Waals surface area contributed by atoms with E-state index in [4.69, 9.17) is 21.1 Å². The molecule has 0 N–H and O–H groups in total. The predicted molar refractivity (Wildman–Crippen MR) is 79.0 cm³/mol. The lowest BCUT2D eigenvalue weighted by Crippen LogP contribution is -2.32. The summed E-state index contributed by atoms with van der Waals surface area (Å²) in [7, 11) is 0. The molecule has 6 heteroatoms. The van der Waals surface area contributed by atoms with Gasteiger partial charge in [0, 0.05) is 38.1 Å². The fourth-order valence-corrected chi connectivity index (χ4v) is 1.96. The molecule has 0 aromatic carbocycles. The van der Waals surface area contributed by atoms with E-state index in [0.717, 1.165) is 0 Å². The summed E-state index contributed by atoms with van der Waals surface area (Å²) in [4.78, 5) is 5.96. The largest absolute Gasteiger partial charge is 0.380 e. The fourth-order valence-electron chi connectivity index (χ4n) is 1.76. The molecule has 20 heavy (non-hydrogen) atoms. The van der Waals surface area contributed by atoms with Gasteiger partial charge in [0.25, 0.3) is 0 Å². The van der Waals surface area contributed by atoms with Crippen LogP contribution in [-0.2, 0) is 15.4 Å². The third-order valence-electron chi connectivity index (χ3n) is 2.81. The maximum atomic E-state index is 14.3. The lowest BCUT2D eigenvalue weighted by molar-refractivity contribution is 0.141. The minimum atomic E-state index is -0.365. The topological polar surface area (TPSA) is 34.6 Å². The molecule has 1 rings (SSSR count). The minimum absolute atomic E-state index is 0.131. The first kappa shape index (κ1) is 17.1. The van der Waals surface area contributed by atoms with Gasteiger partial charge in [-0.2, -0.15) is 0 Å². The van der Waals surface area contributed by atoms with Crippen molar-refractivity contribution in [3.8, 4) is 0 Å². The standard InChI is InChI=1S/C14H22ClFN2O2/c1-3-19-9-7-18(8-10-20-4-2)14-13(16)12(11-15)5-6-17-14/h5-6H,3-4,7-11H2,1-2H3. The highest BCUT2D eigenvalue weighted by Gasteiger charge is 2.15. The predicted octanol–water partition coefficient (Wildman–Crippen LogP) is 2.84. The number of hydrogen-bond donors (Lipinski definition) is 0. The van der Waals surface area contributed by atoms with Gasteiger partial charge in [0.2, 0.25) is 0 Å². The van der Waals surface area contributed by atoms with E-state index >= 15 is 0 Å². The van der Waals surface area contributed by atoms with E-state index in [1.807, 2.05) is 18.7 Å². The highest BCUT2D eigenvalue weighted by Crippen LogP contribution is 2.20. The molecule has 0 fully saturated rings. The lowest BCUT2D eigenvalue weighted by Gasteiger charge is -2.24. The quantitative estimate of drug-likeness (QED) is 0.492. The molecule has 0 aliphatic carbocycles. The SMILES string of the molecule is CCOCCN(CCOCC)c1nccc(CCl)c1F. The summed E-state index contributed by atoms with van der Waals surface area (Å²) in [5, 5.41) is 0. The van der Waals surface area contributed by atoms with Gasteiger partial charge in [-0.1, -0.05) is 0 Å². The number of pyridine rings is 1.